The van der Waals surface area contributed by atoms with E-state index in [1.54, 1.807) is 12.4 Å². The molecule has 0 fully saturated rings. The fraction of sp³-hybridized carbons (Fsp3) is 0.455. The van der Waals surface area contributed by atoms with Gasteiger partial charge >= 0.3 is 0 Å². The van der Waals surface area contributed by atoms with Gasteiger partial charge in [-0.3, -0.25) is 0 Å². The maximum atomic E-state index is 5.92. The third kappa shape index (κ3) is 3.08. The molecule has 0 aliphatic heterocycles. The van der Waals surface area contributed by atoms with E-state index in [2.05, 4.69) is 22.2 Å². The first-order chi connectivity index (χ1) is 8.16. The second-order valence-electron chi connectivity index (χ2n) is 4.10. The summed E-state index contributed by atoms with van der Waals surface area (Å²) in [6.45, 7) is 3.72. The van der Waals surface area contributed by atoms with Gasteiger partial charge in [0.1, 0.15) is 11.0 Å². The molecule has 0 saturated heterocycles. The van der Waals surface area contributed by atoms with Gasteiger partial charge in [0.05, 0.1) is 19.1 Å². The molecule has 0 saturated carbocycles. The summed E-state index contributed by atoms with van der Waals surface area (Å²) in [5.41, 5.74) is 0. The van der Waals surface area contributed by atoms with E-state index >= 15 is 0 Å². The Morgan fingerprint density at radius 1 is 1.53 bits per heavy atom. The van der Waals surface area contributed by atoms with Crippen molar-refractivity contribution in [2.75, 3.05) is 0 Å². The molecular weight excluding hydrogens is 238 g/mol. The highest BCUT2D eigenvalue weighted by Crippen LogP contribution is 2.08. The van der Waals surface area contributed by atoms with Crippen LogP contribution in [0.1, 0.15) is 12.7 Å². The molecule has 5 nitrogen and oxygen atoms in total. The molecule has 92 valence electrons. The van der Waals surface area contributed by atoms with Crippen LogP contribution in [0, 0.1) is 0 Å². The Morgan fingerprint density at radius 2 is 2.35 bits per heavy atom. The van der Waals surface area contributed by atoms with Gasteiger partial charge in [-0.05, 0) is 6.92 Å². The van der Waals surface area contributed by atoms with Crippen molar-refractivity contribution in [1.29, 1.82) is 0 Å². The largest absolute Gasteiger partial charge is 0.336 e. The zero-order chi connectivity index (χ0) is 12.3. The van der Waals surface area contributed by atoms with Crippen molar-refractivity contribution >= 4 is 11.6 Å². The molecule has 0 spiro atoms. The first-order valence-corrected chi connectivity index (χ1v) is 5.90. The Bertz CT molecular complexity index is 462. The molecule has 2 aromatic heterocycles. The van der Waals surface area contributed by atoms with E-state index < -0.39 is 0 Å². The van der Waals surface area contributed by atoms with Gasteiger partial charge in [-0.25, -0.2) is 9.97 Å². The third-order valence-corrected chi connectivity index (χ3v) is 3.03. The van der Waals surface area contributed by atoms with Crippen LogP contribution in [-0.4, -0.2) is 25.1 Å². The van der Waals surface area contributed by atoms with Crippen molar-refractivity contribution in [3.8, 4) is 0 Å². The molecule has 0 radical (unpaired) electrons. The van der Waals surface area contributed by atoms with Gasteiger partial charge in [0.25, 0.3) is 0 Å². The van der Waals surface area contributed by atoms with Crippen molar-refractivity contribution in [3.63, 3.8) is 0 Å². The average Bonchev–Trinajstić information content (AvgIpc) is 2.90. The lowest BCUT2D eigenvalue weighted by molar-refractivity contribution is 0.465. The highest BCUT2D eigenvalue weighted by Gasteiger charge is 2.07. The fourth-order valence-electron chi connectivity index (χ4n) is 1.63. The molecular formula is C11H16ClN5. The van der Waals surface area contributed by atoms with Crippen molar-refractivity contribution in [2.24, 2.45) is 7.05 Å². The van der Waals surface area contributed by atoms with Crippen molar-refractivity contribution in [3.05, 3.63) is 35.9 Å². The molecule has 0 aliphatic carbocycles. The molecule has 2 aromatic rings. The third-order valence-electron chi connectivity index (χ3n) is 2.68. The predicted molar refractivity (Wildman–Crippen MR) is 66.7 cm³/mol. The van der Waals surface area contributed by atoms with E-state index in [1.807, 2.05) is 28.7 Å². The first kappa shape index (κ1) is 12.1. The second kappa shape index (κ2) is 5.33. The lowest BCUT2D eigenvalue weighted by Crippen LogP contribution is -2.30. The topological polar surface area (TPSA) is 47.7 Å². The van der Waals surface area contributed by atoms with Gasteiger partial charge in [0, 0.05) is 32.0 Å². The number of rotatable bonds is 5. The number of aromatic nitrogens is 4. The van der Waals surface area contributed by atoms with Crippen LogP contribution in [0.3, 0.4) is 0 Å². The SMILES string of the molecule is CC(Cn1ccnc1)NCc1ncc(Cl)n1C. The standard InChI is InChI=1S/C11H16ClN5/c1-9(7-17-4-3-13-8-17)14-6-11-15-5-10(12)16(11)2/h3-5,8-9,14H,6-7H2,1-2H3. The van der Waals surface area contributed by atoms with Gasteiger partial charge < -0.3 is 14.5 Å². The summed E-state index contributed by atoms with van der Waals surface area (Å²) in [5, 5.41) is 4.06. The Morgan fingerprint density at radius 3 is 2.94 bits per heavy atom. The minimum absolute atomic E-state index is 0.347. The summed E-state index contributed by atoms with van der Waals surface area (Å²) >= 11 is 5.92. The lowest BCUT2D eigenvalue weighted by Gasteiger charge is -2.14. The normalized spacial score (nSPS) is 12.9. The van der Waals surface area contributed by atoms with E-state index in [4.69, 9.17) is 11.6 Å². The van der Waals surface area contributed by atoms with Crippen molar-refractivity contribution in [1.82, 2.24) is 24.4 Å². The number of hydrogen-bond donors (Lipinski definition) is 1. The lowest BCUT2D eigenvalue weighted by atomic mass is 10.3. The van der Waals surface area contributed by atoms with Crippen molar-refractivity contribution < 1.29 is 0 Å². The van der Waals surface area contributed by atoms with Crippen LogP contribution in [0.4, 0.5) is 0 Å². The molecule has 2 heterocycles. The van der Waals surface area contributed by atoms with Gasteiger partial charge in [-0.15, -0.1) is 0 Å². The summed E-state index contributed by atoms with van der Waals surface area (Å²) in [5.74, 6) is 0.937. The average molecular weight is 254 g/mol. The maximum Gasteiger partial charge on any atom is 0.128 e. The minimum Gasteiger partial charge on any atom is -0.336 e. The number of nitrogens with zero attached hydrogens (tertiary/aromatic N) is 4. The van der Waals surface area contributed by atoms with Crippen LogP contribution >= 0.6 is 11.6 Å². The van der Waals surface area contributed by atoms with Crippen LogP contribution in [0.25, 0.3) is 0 Å². The van der Waals surface area contributed by atoms with Gasteiger partial charge in [-0.2, -0.15) is 0 Å². The Kier molecular flexibility index (Phi) is 3.81. The molecule has 2 rings (SSSR count). The Balaban J connectivity index is 1.84. The minimum atomic E-state index is 0.347. The molecule has 6 heteroatoms. The Hall–Kier alpha value is -1.33. The van der Waals surface area contributed by atoms with Crippen LogP contribution in [-0.2, 0) is 20.1 Å². The Labute approximate surface area is 105 Å². The first-order valence-electron chi connectivity index (χ1n) is 5.52. The molecule has 0 aliphatic rings. The predicted octanol–water partition coefficient (Wildman–Crippen LogP) is 1.45. The zero-order valence-corrected chi connectivity index (χ0v) is 10.7. The molecule has 1 unspecified atom stereocenters. The fourth-order valence-corrected chi connectivity index (χ4v) is 1.78. The quantitative estimate of drug-likeness (QED) is 0.877. The number of hydrogen-bond acceptors (Lipinski definition) is 3. The van der Waals surface area contributed by atoms with Crippen LogP contribution in [0.2, 0.25) is 5.15 Å². The van der Waals surface area contributed by atoms with Crippen LogP contribution in [0.5, 0.6) is 0 Å². The summed E-state index contributed by atoms with van der Waals surface area (Å²) in [6.07, 6.45) is 7.22. The highest BCUT2D eigenvalue weighted by atomic mass is 35.5. The van der Waals surface area contributed by atoms with E-state index in [0.717, 1.165) is 12.4 Å². The maximum absolute atomic E-state index is 5.92. The zero-order valence-electron chi connectivity index (χ0n) is 9.97. The van der Waals surface area contributed by atoms with E-state index in [1.165, 1.54) is 0 Å². The molecule has 1 atom stereocenters. The van der Waals surface area contributed by atoms with Crippen molar-refractivity contribution in [2.45, 2.75) is 26.1 Å². The van der Waals surface area contributed by atoms with Crippen LogP contribution in [0.15, 0.2) is 24.9 Å². The van der Waals surface area contributed by atoms with E-state index in [9.17, 15) is 0 Å². The second-order valence-corrected chi connectivity index (χ2v) is 4.48. The summed E-state index contributed by atoms with van der Waals surface area (Å²) in [7, 11) is 1.91. The number of nitrogens with one attached hydrogen (secondary N) is 1. The summed E-state index contributed by atoms with van der Waals surface area (Å²) < 4.78 is 3.92. The summed E-state index contributed by atoms with van der Waals surface area (Å²) in [6, 6.07) is 0.347. The molecule has 0 aromatic carbocycles. The van der Waals surface area contributed by atoms with E-state index in [0.29, 0.717) is 17.7 Å². The van der Waals surface area contributed by atoms with Gasteiger partial charge in [0.15, 0.2) is 0 Å². The van der Waals surface area contributed by atoms with Crippen LogP contribution < -0.4 is 5.32 Å². The number of imidazole rings is 2. The molecule has 0 bridgehead atoms. The van der Waals surface area contributed by atoms with E-state index in [-0.39, 0.29) is 0 Å². The summed E-state index contributed by atoms with van der Waals surface area (Å²) in [4.78, 5) is 8.25. The molecule has 1 N–H and O–H groups in total. The van der Waals surface area contributed by atoms with Gasteiger partial charge in [0.2, 0.25) is 0 Å². The number of halogens is 1. The molecule has 0 amide bonds. The highest BCUT2D eigenvalue weighted by molar-refractivity contribution is 6.29. The molecule has 17 heavy (non-hydrogen) atoms. The smallest absolute Gasteiger partial charge is 0.128 e. The monoisotopic (exact) mass is 253 g/mol. The van der Waals surface area contributed by atoms with Gasteiger partial charge in [-0.1, -0.05) is 11.6 Å².